The van der Waals surface area contributed by atoms with Crippen LogP contribution in [0.2, 0.25) is 0 Å². The summed E-state index contributed by atoms with van der Waals surface area (Å²) >= 11 is 0. The van der Waals surface area contributed by atoms with Gasteiger partial charge in [0, 0.05) is 6.20 Å². The topological polar surface area (TPSA) is 33.1 Å². The summed E-state index contributed by atoms with van der Waals surface area (Å²) in [6.07, 6.45) is -4.56. The fourth-order valence-electron chi connectivity index (χ4n) is 1.81. The molecule has 0 aliphatic rings. The number of halogens is 4. The lowest BCUT2D eigenvalue weighted by atomic mass is 10.0. The molecule has 0 spiro atoms. The minimum absolute atomic E-state index is 0.0219. The molecule has 0 saturated heterocycles. The molecule has 1 aromatic carbocycles. The average Bonchev–Trinajstić information content (AvgIpc) is 2.36. The van der Waals surface area contributed by atoms with E-state index < -0.39 is 23.7 Å². The van der Waals surface area contributed by atoms with E-state index in [0.29, 0.717) is 12.1 Å². The zero-order valence-corrected chi connectivity index (χ0v) is 10.4. The Kier molecular flexibility index (Phi) is 3.76. The molecule has 1 unspecified atom stereocenters. The molecule has 1 heterocycles. The van der Waals surface area contributed by atoms with E-state index in [9.17, 15) is 22.7 Å². The second-order valence-electron chi connectivity index (χ2n) is 4.40. The first-order valence-electron chi connectivity index (χ1n) is 5.76. The summed E-state index contributed by atoms with van der Waals surface area (Å²) in [5.74, 6) is -1.42. The van der Waals surface area contributed by atoms with Gasteiger partial charge in [-0.1, -0.05) is 6.07 Å². The van der Waals surface area contributed by atoms with Gasteiger partial charge in [0.05, 0.1) is 11.3 Å². The monoisotopic (exact) mass is 285 g/mol. The summed E-state index contributed by atoms with van der Waals surface area (Å²) in [7, 11) is 0. The van der Waals surface area contributed by atoms with Crippen molar-refractivity contribution in [1.82, 2.24) is 4.98 Å². The van der Waals surface area contributed by atoms with E-state index in [0.717, 1.165) is 11.6 Å². The van der Waals surface area contributed by atoms with Gasteiger partial charge in [0.25, 0.3) is 0 Å². The SMILES string of the molecule is Cc1ccnc(C(O)c2ccc(C(F)(F)F)c(F)c2)c1. The zero-order chi connectivity index (χ0) is 14.9. The van der Waals surface area contributed by atoms with E-state index >= 15 is 0 Å². The average molecular weight is 285 g/mol. The highest BCUT2D eigenvalue weighted by molar-refractivity contribution is 5.32. The van der Waals surface area contributed by atoms with Gasteiger partial charge in [-0.05, 0) is 42.3 Å². The van der Waals surface area contributed by atoms with Crippen LogP contribution in [0.15, 0.2) is 36.5 Å². The summed E-state index contributed by atoms with van der Waals surface area (Å²) in [4.78, 5) is 3.92. The van der Waals surface area contributed by atoms with Crippen molar-refractivity contribution in [1.29, 1.82) is 0 Å². The predicted octanol–water partition coefficient (Wildman–Crippen LogP) is 3.63. The lowest BCUT2D eigenvalue weighted by Gasteiger charge is -2.13. The molecule has 2 nitrogen and oxygen atoms in total. The number of nitrogens with zero attached hydrogens (tertiary/aromatic N) is 1. The van der Waals surface area contributed by atoms with Crippen LogP contribution in [0, 0.1) is 12.7 Å². The molecule has 0 fully saturated rings. The van der Waals surface area contributed by atoms with Gasteiger partial charge in [0.15, 0.2) is 0 Å². The minimum atomic E-state index is -4.75. The highest BCUT2D eigenvalue weighted by atomic mass is 19.4. The van der Waals surface area contributed by atoms with E-state index in [1.54, 1.807) is 19.1 Å². The molecule has 1 atom stereocenters. The first kappa shape index (κ1) is 14.5. The summed E-state index contributed by atoms with van der Waals surface area (Å²) in [5.41, 5.74) is -0.246. The summed E-state index contributed by atoms with van der Waals surface area (Å²) < 4.78 is 50.8. The molecule has 0 radical (unpaired) electrons. The van der Waals surface area contributed by atoms with Crippen LogP contribution in [0.1, 0.15) is 28.5 Å². The van der Waals surface area contributed by atoms with Crippen LogP contribution in [0.5, 0.6) is 0 Å². The van der Waals surface area contributed by atoms with Crippen LogP contribution in [-0.4, -0.2) is 10.1 Å². The van der Waals surface area contributed by atoms with Crippen LogP contribution < -0.4 is 0 Å². The van der Waals surface area contributed by atoms with Crippen LogP contribution in [0.3, 0.4) is 0 Å². The van der Waals surface area contributed by atoms with Crippen LogP contribution in [0.25, 0.3) is 0 Å². The molecule has 2 aromatic rings. The maximum atomic E-state index is 13.4. The number of aromatic nitrogens is 1. The summed E-state index contributed by atoms with van der Waals surface area (Å²) in [5, 5.41) is 10.0. The quantitative estimate of drug-likeness (QED) is 0.855. The van der Waals surface area contributed by atoms with Gasteiger partial charge < -0.3 is 5.11 Å². The number of hydrogen-bond acceptors (Lipinski definition) is 2. The van der Waals surface area contributed by atoms with Gasteiger partial charge in [-0.25, -0.2) is 4.39 Å². The van der Waals surface area contributed by atoms with Crippen molar-refractivity contribution < 1.29 is 22.7 Å². The van der Waals surface area contributed by atoms with Gasteiger partial charge in [0.1, 0.15) is 11.9 Å². The Hall–Kier alpha value is -1.95. The third-order valence-corrected chi connectivity index (χ3v) is 2.83. The minimum Gasteiger partial charge on any atom is -0.382 e. The molecule has 2 rings (SSSR count). The molecule has 106 valence electrons. The second-order valence-corrected chi connectivity index (χ2v) is 4.40. The lowest BCUT2D eigenvalue weighted by molar-refractivity contribution is -0.140. The normalized spacial score (nSPS) is 13.3. The summed E-state index contributed by atoms with van der Waals surface area (Å²) in [6, 6.07) is 5.63. The van der Waals surface area contributed by atoms with E-state index in [2.05, 4.69) is 4.98 Å². The fraction of sp³-hybridized carbons (Fsp3) is 0.214. The molecule has 1 aromatic heterocycles. The predicted molar refractivity (Wildman–Crippen MR) is 64.4 cm³/mol. The molecule has 0 aliphatic carbocycles. The molecular formula is C14H11F4NO. The Bertz CT molecular complexity index is 625. The molecule has 1 N–H and O–H groups in total. The van der Waals surface area contributed by atoms with Crippen molar-refractivity contribution in [3.63, 3.8) is 0 Å². The number of benzene rings is 1. The maximum absolute atomic E-state index is 13.4. The van der Waals surface area contributed by atoms with Crippen molar-refractivity contribution in [2.24, 2.45) is 0 Å². The standard InChI is InChI=1S/C14H11F4NO/c1-8-4-5-19-12(6-8)13(20)9-2-3-10(11(15)7-9)14(16,17)18/h2-7,13,20H,1H3. The lowest BCUT2D eigenvalue weighted by Crippen LogP contribution is -2.10. The number of rotatable bonds is 2. The van der Waals surface area contributed by atoms with Gasteiger partial charge in [-0.3, -0.25) is 4.98 Å². The number of hydrogen-bond donors (Lipinski definition) is 1. The molecular weight excluding hydrogens is 274 g/mol. The van der Waals surface area contributed by atoms with Crippen molar-refractivity contribution in [2.75, 3.05) is 0 Å². The van der Waals surface area contributed by atoms with Crippen LogP contribution in [-0.2, 0) is 6.18 Å². The van der Waals surface area contributed by atoms with E-state index in [-0.39, 0.29) is 11.3 Å². The van der Waals surface area contributed by atoms with E-state index in [4.69, 9.17) is 0 Å². The molecule has 0 saturated carbocycles. The highest BCUT2D eigenvalue weighted by Gasteiger charge is 2.34. The summed E-state index contributed by atoms with van der Waals surface area (Å²) in [6.45, 7) is 1.78. The Balaban J connectivity index is 2.37. The number of alkyl halides is 3. The number of aliphatic hydroxyl groups is 1. The molecule has 6 heteroatoms. The van der Waals surface area contributed by atoms with E-state index in [1.165, 1.54) is 6.20 Å². The smallest absolute Gasteiger partial charge is 0.382 e. The number of aryl methyl sites for hydroxylation is 1. The van der Waals surface area contributed by atoms with Crippen molar-refractivity contribution in [3.8, 4) is 0 Å². The van der Waals surface area contributed by atoms with Gasteiger partial charge >= 0.3 is 6.18 Å². The molecule has 20 heavy (non-hydrogen) atoms. The third-order valence-electron chi connectivity index (χ3n) is 2.83. The zero-order valence-electron chi connectivity index (χ0n) is 10.4. The first-order valence-corrected chi connectivity index (χ1v) is 5.76. The number of aliphatic hydroxyl groups excluding tert-OH is 1. The molecule has 0 aliphatic heterocycles. The maximum Gasteiger partial charge on any atom is 0.419 e. The second kappa shape index (κ2) is 5.20. The highest BCUT2D eigenvalue weighted by Crippen LogP contribution is 2.33. The van der Waals surface area contributed by atoms with Crippen molar-refractivity contribution >= 4 is 0 Å². The third kappa shape index (κ3) is 2.96. The van der Waals surface area contributed by atoms with Gasteiger partial charge in [-0.15, -0.1) is 0 Å². The van der Waals surface area contributed by atoms with Crippen LogP contribution in [0.4, 0.5) is 17.6 Å². The Morgan fingerprint density at radius 2 is 1.85 bits per heavy atom. The van der Waals surface area contributed by atoms with Crippen molar-refractivity contribution in [3.05, 3.63) is 64.7 Å². The van der Waals surface area contributed by atoms with E-state index in [1.807, 2.05) is 0 Å². The van der Waals surface area contributed by atoms with Gasteiger partial charge in [0.2, 0.25) is 0 Å². The largest absolute Gasteiger partial charge is 0.419 e. The number of pyridine rings is 1. The Labute approximate surface area is 112 Å². The Morgan fingerprint density at radius 1 is 1.15 bits per heavy atom. The molecule has 0 bridgehead atoms. The van der Waals surface area contributed by atoms with Gasteiger partial charge in [-0.2, -0.15) is 13.2 Å². The Morgan fingerprint density at radius 3 is 2.40 bits per heavy atom. The van der Waals surface area contributed by atoms with Crippen molar-refractivity contribution in [2.45, 2.75) is 19.2 Å². The fourth-order valence-corrected chi connectivity index (χ4v) is 1.81. The van der Waals surface area contributed by atoms with Crippen LogP contribution >= 0.6 is 0 Å². The first-order chi connectivity index (χ1) is 9.29. The molecule has 0 amide bonds.